The minimum Gasteiger partial charge on any atom is -0.0650 e. The van der Waals surface area contributed by atoms with E-state index in [2.05, 4.69) is 105 Å². The molecule has 0 spiro atoms. The molecule has 0 nitrogen and oxygen atoms in total. The first-order valence-corrected chi connectivity index (χ1v) is 10.8. The molecule has 3 rings (SSSR count). The molecule has 0 amide bonds. The predicted octanol–water partition coefficient (Wildman–Crippen LogP) is 5.03. The van der Waals surface area contributed by atoms with Crippen LogP contribution >= 0.6 is 7.26 Å². The molecule has 0 bridgehead atoms. The van der Waals surface area contributed by atoms with Crippen LogP contribution < -0.4 is 15.9 Å². The molecule has 1 heteroatoms. The Morgan fingerprint density at radius 1 is 0.625 bits per heavy atom. The highest BCUT2D eigenvalue weighted by atomic mass is 31.2. The maximum Gasteiger partial charge on any atom is 0.112 e. The minimum absolute atomic E-state index is 0.693. The molecule has 0 aliphatic rings. The molecule has 122 valence electrons. The molecule has 0 heterocycles. The van der Waals surface area contributed by atoms with Gasteiger partial charge in [0, 0.05) is 0 Å². The van der Waals surface area contributed by atoms with Gasteiger partial charge in [-0.3, -0.25) is 0 Å². The van der Waals surface area contributed by atoms with Gasteiger partial charge in [-0.05, 0) is 42.3 Å². The Bertz CT molecular complexity index is 638. The van der Waals surface area contributed by atoms with Crippen molar-refractivity contribution < 1.29 is 0 Å². The van der Waals surface area contributed by atoms with Crippen molar-refractivity contribution in [3.05, 3.63) is 91.0 Å². The zero-order chi connectivity index (χ0) is 16.8. The first-order chi connectivity index (χ1) is 11.8. The molecule has 0 aliphatic carbocycles. The molecular formula is C23H26P+. The fourth-order valence-corrected chi connectivity index (χ4v) is 8.17. The van der Waals surface area contributed by atoms with Gasteiger partial charge in [-0.15, -0.1) is 0 Å². The Balaban J connectivity index is 2.28. The molecular weight excluding hydrogens is 307 g/mol. The Labute approximate surface area is 146 Å². The van der Waals surface area contributed by atoms with Crippen LogP contribution in [0.25, 0.3) is 0 Å². The van der Waals surface area contributed by atoms with Crippen molar-refractivity contribution in [1.29, 1.82) is 0 Å². The lowest BCUT2D eigenvalue weighted by atomic mass is 10.2. The summed E-state index contributed by atoms with van der Waals surface area (Å²) in [4.78, 5) is 0. The van der Waals surface area contributed by atoms with Gasteiger partial charge in [0.1, 0.15) is 23.2 Å². The maximum atomic E-state index is 2.39. The van der Waals surface area contributed by atoms with Gasteiger partial charge < -0.3 is 0 Å². The average molecular weight is 333 g/mol. The van der Waals surface area contributed by atoms with E-state index in [4.69, 9.17) is 0 Å². The van der Waals surface area contributed by atoms with Crippen molar-refractivity contribution in [2.45, 2.75) is 20.3 Å². The molecule has 0 saturated heterocycles. The summed E-state index contributed by atoms with van der Waals surface area (Å²) in [5, 5.41) is 4.47. The average Bonchev–Trinajstić information content (AvgIpc) is 2.68. The van der Waals surface area contributed by atoms with E-state index in [1.807, 2.05) is 0 Å². The van der Waals surface area contributed by atoms with Crippen molar-refractivity contribution in [2.24, 2.45) is 5.92 Å². The monoisotopic (exact) mass is 333 g/mol. The minimum atomic E-state index is -1.63. The summed E-state index contributed by atoms with van der Waals surface area (Å²) in [6, 6.07) is 33.5. The van der Waals surface area contributed by atoms with E-state index in [0.29, 0.717) is 5.92 Å². The van der Waals surface area contributed by atoms with Crippen LogP contribution in [-0.4, -0.2) is 6.16 Å². The summed E-state index contributed by atoms with van der Waals surface area (Å²) >= 11 is 0. The van der Waals surface area contributed by atoms with Gasteiger partial charge in [0.2, 0.25) is 0 Å². The fraction of sp³-hybridized carbons (Fsp3) is 0.217. The second-order valence-electron chi connectivity index (χ2n) is 6.51. The molecule has 0 radical (unpaired) electrons. The van der Waals surface area contributed by atoms with E-state index in [-0.39, 0.29) is 0 Å². The van der Waals surface area contributed by atoms with Gasteiger partial charge in [0.25, 0.3) is 0 Å². The molecule has 1 atom stereocenters. The number of hydrogen-bond donors (Lipinski definition) is 0. The molecule has 3 aromatic carbocycles. The quantitative estimate of drug-likeness (QED) is 0.555. The Hall–Kier alpha value is -1.91. The van der Waals surface area contributed by atoms with Crippen LogP contribution in [0.5, 0.6) is 0 Å². The summed E-state index contributed by atoms with van der Waals surface area (Å²) in [6.45, 7) is 4.70. The lowest BCUT2D eigenvalue weighted by Gasteiger charge is -2.29. The SMILES string of the molecule is CCC(C)C[P+](c1ccccc1)(c1ccccc1)c1ccccc1. The van der Waals surface area contributed by atoms with Gasteiger partial charge in [0.05, 0.1) is 6.16 Å². The van der Waals surface area contributed by atoms with Crippen LogP contribution in [0.4, 0.5) is 0 Å². The maximum absolute atomic E-state index is 2.39. The molecule has 0 aliphatic heterocycles. The van der Waals surface area contributed by atoms with Gasteiger partial charge in [-0.25, -0.2) is 0 Å². The molecule has 0 aromatic heterocycles. The van der Waals surface area contributed by atoms with E-state index < -0.39 is 7.26 Å². The largest absolute Gasteiger partial charge is 0.112 e. The van der Waals surface area contributed by atoms with Crippen LogP contribution in [0, 0.1) is 5.92 Å². The Morgan fingerprint density at radius 3 is 1.25 bits per heavy atom. The third-order valence-electron chi connectivity index (χ3n) is 4.87. The Morgan fingerprint density at radius 2 is 0.958 bits per heavy atom. The normalized spacial score (nSPS) is 12.8. The highest BCUT2D eigenvalue weighted by Crippen LogP contribution is 2.56. The van der Waals surface area contributed by atoms with Gasteiger partial charge in [-0.2, -0.15) is 0 Å². The van der Waals surface area contributed by atoms with Crippen LogP contribution in [0.1, 0.15) is 20.3 Å². The lowest BCUT2D eigenvalue weighted by Crippen LogP contribution is -2.35. The zero-order valence-electron chi connectivity index (χ0n) is 14.6. The highest BCUT2D eigenvalue weighted by molar-refractivity contribution is 7.95. The Kier molecular flexibility index (Phi) is 5.48. The number of rotatable bonds is 6. The van der Waals surface area contributed by atoms with Crippen LogP contribution in [0.2, 0.25) is 0 Å². The highest BCUT2D eigenvalue weighted by Gasteiger charge is 2.45. The standard InChI is InChI=1S/C23H26P/c1-3-20(2)19-24(21-13-7-4-8-14-21,22-15-9-5-10-16-22)23-17-11-6-12-18-23/h4-18,20H,3,19H2,1-2H3/q+1. The summed E-state index contributed by atoms with van der Waals surface area (Å²) in [7, 11) is -1.63. The van der Waals surface area contributed by atoms with Crippen molar-refractivity contribution >= 4 is 23.2 Å². The smallest absolute Gasteiger partial charge is 0.0650 e. The van der Waals surface area contributed by atoms with E-state index in [1.54, 1.807) is 0 Å². The zero-order valence-corrected chi connectivity index (χ0v) is 15.5. The topological polar surface area (TPSA) is 0 Å². The molecule has 1 unspecified atom stereocenters. The van der Waals surface area contributed by atoms with Crippen molar-refractivity contribution in [1.82, 2.24) is 0 Å². The predicted molar refractivity (Wildman–Crippen MR) is 109 cm³/mol. The third-order valence-corrected chi connectivity index (χ3v) is 9.58. The first-order valence-electron chi connectivity index (χ1n) is 8.82. The molecule has 0 fully saturated rings. The van der Waals surface area contributed by atoms with E-state index in [1.165, 1.54) is 28.5 Å². The molecule has 3 aromatic rings. The van der Waals surface area contributed by atoms with Crippen LogP contribution in [0.3, 0.4) is 0 Å². The summed E-state index contributed by atoms with van der Waals surface area (Å²) in [6.07, 6.45) is 2.44. The molecule has 24 heavy (non-hydrogen) atoms. The summed E-state index contributed by atoms with van der Waals surface area (Å²) < 4.78 is 0. The van der Waals surface area contributed by atoms with Crippen LogP contribution in [0.15, 0.2) is 91.0 Å². The van der Waals surface area contributed by atoms with Gasteiger partial charge in [0.15, 0.2) is 0 Å². The van der Waals surface area contributed by atoms with Gasteiger partial charge in [-0.1, -0.05) is 74.9 Å². The van der Waals surface area contributed by atoms with E-state index in [0.717, 1.165) is 0 Å². The van der Waals surface area contributed by atoms with Gasteiger partial charge >= 0.3 is 0 Å². The van der Waals surface area contributed by atoms with Crippen molar-refractivity contribution in [3.8, 4) is 0 Å². The molecule has 0 saturated carbocycles. The second kappa shape index (κ2) is 7.77. The fourth-order valence-electron chi connectivity index (χ4n) is 3.41. The third kappa shape index (κ3) is 3.30. The number of hydrogen-bond acceptors (Lipinski definition) is 0. The second-order valence-corrected chi connectivity index (χ2v) is 10.0. The van der Waals surface area contributed by atoms with E-state index in [9.17, 15) is 0 Å². The van der Waals surface area contributed by atoms with Crippen molar-refractivity contribution in [3.63, 3.8) is 0 Å². The number of benzene rings is 3. The first kappa shape index (κ1) is 16.9. The van der Waals surface area contributed by atoms with Crippen LogP contribution in [-0.2, 0) is 0 Å². The van der Waals surface area contributed by atoms with Crippen molar-refractivity contribution in [2.75, 3.05) is 6.16 Å². The van der Waals surface area contributed by atoms with E-state index >= 15 is 0 Å². The molecule has 0 N–H and O–H groups in total. The lowest BCUT2D eigenvalue weighted by molar-refractivity contribution is 0.633. The summed E-state index contributed by atoms with van der Waals surface area (Å²) in [5.41, 5.74) is 0. The summed E-state index contributed by atoms with van der Waals surface area (Å²) in [5.74, 6) is 0.693.